The molecule has 0 radical (unpaired) electrons. The summed E-state index contributed by atoms with van der Waals surface area (Å²) in [7, 11) is 5.49. The van der Waals surface area contributed by atoms with Crippen LogP contribution in [0.25, 0.3) is 0 Å². The third-order valence-electron chi connectivity index (χ3n) is 2.97. The van der Waals surface area contributed by atoms with Crippen LogP contribution in [0.3, 0.4) is 0 Å². The van der Waals surface area contributed by atoms with Crippen LogP contribution in [0.4, 0.5) is 11.6 Å². The number of nitrogens with one attached hydrogen (secondary N) is 1. The maximum Gasteiger partial charge on any atom is 0.148 e. The summed E-state index contributed by atoms with van der Waals surface area (Å²) in [6, 6.07) is 7.96. The van der Waals surface area contributed by atoms with Gasteiger partial charge in [-0.1, -0.05) is 18.2 Å². The lowest BCUT2D eigenvalue weighted by atomic mass is 10.2. The largest absolute Gasteiger partial charge is 0.496 e. The molecule has 5 nitrogen and oxygen atoms in total. The van der Waals surface area contributed by atoms with Gasteiger partial charge in [-0.25, -0.2) is 9.97 Å². The second-order valence-electron chi connectivity index (χ2n) is 4.28. The summed E-state index contributed by atoms with van der Waals surface area (Å²) in [4.78, 5) is 10.5. The molecule has 2 rings (SSSR count). The van der Waals surface area contributed by atoms with E-state index in [0.29, 0.717) is 6.54 Å². The van der Waals surface area contributed by atoms with Crippen LogP contribution < -0.4 is 15.0 Å². The number of rotatable bonds is 5. The fourth-order valence-corrected chi connectivity index (χ4v) is 2.67. The summed E-state index contributed by atoms with van der Waals surface area (Å²) in [5.41, 5.74) is 1.11. The van der Waals surface area contributed by atoms with Gasteiger partial charge in [-0.2, -0.15) is 0 Å². The first kappa shape index (κ1) is 14.6. The lowest BCUT2D eigenvalue weighted by Crippen LogP contribution is -2.19. The molecule has 0 saturated carbocycles. The summed E-state index contributed by atoms with van der Waals surface area (Å²) >= 11 is 3.53. The van der Waals surface area contributed by atoms with Gasteiger partial charge in [0.1, 0.15) is 28.2 Å². The van der Waals surface area contributed by atoms with Gasteiger partial charge in [-0.05, 0) is 22.0 Å². The average Bonchev–Trinajstić information content (AvgIpc) is 2.48. The Morgan fingerprint density at radius 2 is 2.05 bits per heavy atom. The van der Waals surface area contributed by atoms with Gasteiger partial charge >= 0.3 is 0 Å². The van der Waals surface area contributed by atoms with E-state index in [1.54, 1.807) is 13.4 Å². The van der Waals surface area contributed by atoms with Crippen molar-refractivity contribution in [1.29, 1.82) is 0 Å². The minimum Gasteiger partial charge on any atom is -0.496 e. The summed E-state index contributed by atoms with van der Waals surface area (Å²) in [5.74, 6) is 2.47. The Morgan fingerprint density at radius 1 is 1.30 bits per heavy atom. The van der Waals surface area contributed by atoms with Crippen molar-refractivity contribution < 1.29 is 4.74 Å². The first-order chi connectivity index (χ1) is 9.67. The van der Waals surface area contributed by atoms with Gasteiger partial charge in [-0.3, -0.25) is 0 Å². The highest BCUT2D eigenvalue weighted by Gasteiger charge is 2.13. The van der Waals surface area contributed by atoms with Crippen LogP contribution in [0, 0.1) is 0 Å². The number of para-hydroxylation sites is 1. The monoisotopic (exact) mass is 336 g/mol. The van der Waals surface area contributed by atoms with Crippen LogP contribution in [-0.2, 0) is 6.54 Å². The number of methoxy groups -OCH3 is 1. The first-order valence-electron chi connectivity index (χ1n) is 6.18. The molecule has 6 heteroatoms. The second-order valence-corrected chi connectivity index (χ2v) is 5.07. The smallest absolute Gasteiger partial charge is 0.148 e. The lowest BCUT2D eigenvalue weighted by molar-refractivity contribution is 0.409. The van der Waals surface area contributed by atoms with Gasteiger partial charge < -0.3 is 15.0 Å². The zero-order chi connectivity index (χ0) is 14.5. The molecular weight excluding hydrogens is 320 g/mol. The van der Waals surface area contributed by atoms with E-state index in [4.69, 9.17) is 4.74 Å². The number of aromatic nitrogens is 2. The minimum atomic E-state index is 0.697. The number of hydrogen-bond acceptors (Lipinski definition) is 5. The highest BCUT2D eigenvalue weighted by Crippen LogP contribution is 2.30. The van der Waals surface area contributed by atoms with Crippen LogP contribution in [0.1, 0.15) is 5.56 Å². The second kappa shape index (κ2) is 6.56. The Balaban J connectivity index is 2.26. The first-order valence-corrected chi connectivity index (χ1v) is 6.98. The Morgan fingerprint density at radius 3 is 2.75 bits per heavy atom. The summed E-state index contributed by atoms with van der Waals surface area (Å²) in [5, 5.41) is 3.03. The molecule has 1 aromatic carbocycles. The molecule has 20 heavy (non-hydrogen) atoms. The molecule has 106 valence electrons. The maximum atomic E-state index is 5.37. The SMILES string of the molecule is CNc1ncnc(N(C)Cc2ccccc2OC)c1Br. The molecule has 0 aliphatic carbocycles. The standard InChI is InChI=1S/C14H17BrN4O/c1-16-13-12(15)14(18-9-17-13)19(2)8-10-6-4-5-7-11(10)20-3/h4-7,9H,8H2,1-3H3,(H,16,17,18). The molecule has 0 unspecified atom stereocenters. The van der Waals surface area contributed by atoms with E-state index in [-0.39, 0.29) is 0 Å². The topological polar surface area (TPSA) is 50.3 Å². The van der Waals surface area contributed by atoms with Gasteiger partial charge in [0.2, 0.25) is 0 Å². The quantitative estimate of drug-likeness (QED) is 0.909. The number of hydrogen-bond donors (Lipinski definition) is 1. The van der Waals surface area contributed by atoms with Crippen molar-refractivity contribution in [2.45, 2.75) is 6.54 Å². The molecule has 0 aliphatic rings. The summed E-state index contributed by atoms with van der Waals surface area (Å²) < 4.78 is 6.22. The zero-order valence-electron chi connectivity index (χ0n) is 11.7. The van der Waals surface area contributed by atoms with Crippen molar-refractivity contribution in [3.05, 3.63) is 40.6 Å². The highest BCUT2D eigenvalue weighted by atomic mass is 79.9. The maximum absolute atomic E-state index is 5.37. The van der Waals surface area contributed by atoms with Gasteiger partial charge in [0.15, 0.2) is 0 Å². The molecular formula is C14H17BrN4O. The van der Waals surface area contributed by atoms with Crippen molar-refractivity contribution in [2.24, 2.45) is 0 Å². The Hall–Kier alpha value is -1.82. The van der Waals surface area contributed by atoms with Crippen LogP contribution in [0.2, 0.25) is 0 Å². The minimum absolute atomic E-state index is 0.697. The number of benzene rings is 1. The van der Waals surface area contributed by atoms with Crippen molar-refractivity contribution in [2.75, 3.05) is 31.4 Å². The molecule has 0 amide bonds. The molecule has 0 aliphatic heterocycles. The fourth-order valence-electron chi connectivity index (χ4n) is 1.96. The summed E-state index contributed by atoms with van der Waals surface area (Å²) in [6.07, 6.45) is 1.55. The third kappa shape index (κ3) is 3.01. The van der Waals surface area contributed by atoms with Gasteiger partial charge in [0.25, 0.3) is 0 Å². The highest BCUT2D eigenvalue weighted by molar-refractivity contribution is 9.10. The predicted octanol–water partition coefficient (Wildman–Crippen LogP) is 2.93. The normalized spacial score (nSPS) is 10.2. The van der Waals surface area contributed by atoms with Crippen molar-refractivity contribution in [3.63, 3.8) is 0 Å². The van der Waals surface area contributed by atoms with Crippen molar-refractivity contribution >= 4 is 27.6 Å². The van der Waals surface area contributed by atoms with E-state index in [0.717, 1.165) is 27.4 Å². The Kier molecular flexibility index (Phi) is 4.79. The summed E-state index contributed by atoms with van der Waals surface area (Å²) in [6.45, 7) is 0.697. The molecule has 0 saturated heterocycles. The van der Waals surface area contributed by atoms with Gasteiger partial charge in [0.05, 0.1) is 7.11 Å². The molecule has 1 heterocycles. The Bertz CT molecular complexity index is 591. The van der Waals surface area contributed by atoms with Gasteiger partial charge in [0, 0.05) is 26.2 Å². The van der Waals surface area contributed by atoms with Crippen molar-refractivity contribution in [3.8, 4) is 5.75 Å². The van der Waals surface area contributed by atoms with Crippen LogP contribution >= 0.6 is 15.9 Å². The Labute approximate surface area is 127 Å². The molecule has 0 spiro atoms. The molecule has 1 N–H and O–H groups in total. The zero-order valence-corrected chi connectivity index (χ0v) is 13.3. The van der Waals surface area contributed by atoms with Crippen LogP contribution in [0.5, 0.6) is 5.75 Å². The fraction of sp³-hybridized carbons (Fsp3) is 0.286. The average molecular weight is 337 g/mol. The van der Waals surface area contributed by atoms with Gasteiger partial charge in [-0.15, -0.1) is 0 Å². The number of anilines is 2. The molecule has 0 fully saturated rings. The van der Waals surface area contributed by atoms with E-state index in [9.17, 15) is 0 Å². The van der Waals surface area contributed by atoms with E-state index in [1.165, 1.54) is 0 Å². The third-order valence-corrected chi connectivity index (χ3v) is 3.70. The van der Waals surface area contributed by atoms with Crippen LogP contribution in [0.15, 0.2) is 35.1 Å². The number of ether oxygens (including phenoxy) is 1. The van der Waals surface area contributed by atoms with Crippen molar-refractivity contribution in [1.82, 2.24) is 9.97 Å². The molecule has 1 aromatic heterocycles. The van der Waals surface area contributed by atoms with E-state index < -0.39 is 0 Å². The molecule has 0 bridgehead atoms. The molecule has 0 atom stereocenters. The number of halogens is 1. The lowest BCUT2D eigenvalue weighted by Gasteiger charge is -2.21. The molecule has 2 aromatic rings. The van der Waals surface area contributed by atoms with E-state index in [2.05, 4.69) is 31.2 Å². The number of nitrogens with zero attached hydrogens (tertiary/aromatic N) is 3. The van der Waals surface area contributed by atoms with E-state index >= 15 is 0 Å². The van der Waals surface area contributed by atoms with E-state index in [1.807, 2.05) is 43.3 Å². The predicted molar refractivity (Wildman–Crippen MR) is 84.4 cm³/mol. The van der Waals surface area contributed by atoms with Crippen LogP contribution in [-0.4, -0.2) is 31.2 Å².